The first kappa shape index (κ1) is 23.6. The van der Waals surface area contributed by atoms with E-state index >= 15 is 0 Å². The van der Waals surface area contributed by atoms with Crippen LogP contribution in [0.15, 0.2) is 40.9 Å². The number of ether oxygens (including phenoxy) is 2. The molecular formula is C22H25F3N6O3. The third-order valence-corrected chi connectivity index (χ3v) is 5.19. The predicted octanol–water partition coefficient (Wildman–Crippen LogP) is 4.02. The van der Waals surface area contributed by atoms with E-state index in [4.69, 9.17) is 13.9 Å². The molecule has 12 heteroatoms. The fraction of sp³-hybridized carbons (Fsp3) is 0.455. The minimum atomic E-state index is -4.50. The minimum Gasteiger partial charge on any atom is -0.477 e. The van der Waals surface area contributed by atoms with Crippen molar-refractivity contribution in [1.82, 2.24) is 19.9 Å². The van der Waals surface area contributed by atoms with Gasteiger partial charge in [0.25, 0.3) is 0 Å². The van der Waals surface area contributed by atoms with Gasteiger partial charge in [-0.15, -0.1) is 0 Å². The van der Waals surface area contributed by atoms with E-state index in [1.807, 2.05) is 30.0 Å². The molecule has 0 saturated carbocycles. The fourth-order valence-electron chi connectivity index (χ4n) is 3.46. The zero-order valence-electron chi connectivity index (χ0n) is 18.6. The molecule has 0 spiro atoms. The number of hydrogen-bond donors (Lipinski definition) is 1. The first-order valence-corrected chi connectivity index (χ1v) is 10.9. The standard InChI is InChI=1S/C22H25F3N6O3/c1-15-5-6-17(34-15)12-27-19-28-20(30-21(29-19)33-14-22(23,24)25)31-10-7-16(8-11-31)13-32-18-4-2-3-9-26-18/h2-6,9,16H,7-8,10-14H2,1H3,(H,27,28,29,30). The van der Waals surface area contributed by atoms with Crippen LogP contribution in [-0.4, -0.2) is 52.4 Å². The molecule has 0 bridgehead atoms. The third-order valence-electron chi connectivity index (χ3n) is 5.19. The highest BCUT2D eigenvalue weighted by atomic mass is 19.4. The molecule has 182 valence electrons. The lowest BCUT2D eigenvalue weighted by Crippen LogP contribution is -2.37. The van der Waals surface area contributed by atoms with Gasteiger partial charge in [0.2, 0.25) is 17.8 Å². The maximum atomic E-state index is 12.7. The van der Waals surface area contributed by atoms with E-state index in [0.29, 0.717) is 37.3 Å². The number of rotatable bonds is 9. The van der Waals surface area contributed by atoms with Gasteiger partial charge in [0, 0.05) is 25.4 Å². The highest BCUT2D eigenvalue weighted by Crippen LogP contribution is 2.24. The topological polar surface area (TPSA) is 98.4 Å². The SMILES string of the molecule is Cc1ccc(CNc2nc(OCC(F)(F)F)nc(N3CCC(COc4ccccn4)CC3)n2)o1. The van der Waals surface area contributed by atoms with Gasteiger partial charge in [0.15, 0.2) is 6.61 Å². The van der Waals surface area contributed by atoms with Crippen LogP contribution in [0.1, 0.15) is 24.4 Å². The summed E-state index contributed by atoms with van der Waals surface area (Å²) in [4.78, 5) is 18.5. The molecule has 1 saturated heterocycles. The Morgan fingerprint density at radius 2 is 1.91 bits per heavy atom. The van der Waals surface area contributed by atoms with Gasteiger partial charge in [-0.25, -0.2) is 4.98 Å². The number of alkyl halides is 3. The van der Waals surface area contributed by atoms with Crippen LogP contribution in [0.25, 0.3) is 0 Å². The van der Waals surface area contributed by atoms with Gasteiger partial charge in [0.1, 0.15) is 11.5 Å². The first-order chi connectivity index (χ1) is 16.3. The Hall–Kier alpha value is -3.57. The summed E-state index contributed by atoms with van der Waals surface area (Å²) < 4.78 is 54.0. The molecule has 0 amide bonds. The van der Waals surface area contributed by atoms with E-state index in [0.717, 1.165) is 18.6 Å². The van der Waals surface area contributed by atoms with Gasteiger partial charge in [0.05, 0.1) is 13.2 Å². The maximum Gasteiger partial charge on any atom is 0.422 e. The van der Waals surface area contributed by atoms with Crippen molar-refractivity contribution in [1.29, 1.82) is 0 Å². The van der Waals surface area contributed by atoms with E-state index in [1.54, 1.807) is 18.3 Å². The molecule has 0 aliphatic carbocycles. The Balaban J connectivity index is 1.39. The highest BCUT2D eigenvalue weighted by molar-refractivity contribution is 5.39. The van der Waals surface area contributed by atoms with Crippen molar-refractivity contribution in [3.8, 4) is 11.9 Å². The van der Waals surface area contributed by atoms with Crippen LogP contribution in [0.4, 0.5) is 25.1 Å². The summed E-state index contributed by atoms with van der Waals surface area (Å²) >= 11 is 0. The number of aryl methyl sites for hydroxylation is 1. The second-order valence-electron chi connectivity index (χ2n) is 7.92. The zero-order chi connectivity index (χ0) is 24.0. The van der Waals surface area contributed by atoms with Gasteiger partial charge in [-0.05, 0) is 43.9 Å². The van der Waals surface area contributed by atoms with Crippen LogP contribution < -0.4 is 19.7 Å². The molecule has 4 rings (SSSR count). The van der Waals surface area contributed by atoms with Crippen LogP contribution in [0.2, 0.25) is 0 Å². The monoisotopic (exact) mass is 478 g/mol. The molecule has 0 unspecified atom stereocenters. The van der Waals surface area contributed by atoms with Gasteiger partial charge in [-0.1, -0.05) is 6.07 Å². The number of anilines is 2. The first-order valence-electron chi connectivity index (χ1n) is 10.9. The normalized spacial score (nSPS) is 14.8. The summed E-state index contributed by atoms with van der Waals surface area (Å²) in [6.45, 7) is 2.38. The number of nitrogens with one attached hydrogen (secondary N) is 1. The zero-order valence-corrected chi connectivity index (χ0v) is 18.6. The number of pyridine rings is 1. The molecule has 3 aromatic rings. The molecule has 34 heavy (non-hydrogen) atoms. The largest absolute Gasteiger partial charge is 0.477 e. The van der Waals surface area contributed by atoms with Gasteiger partial charge in [-0.2, -0.15) is 28.1 Å². The molecule has 1 N–H and O–H groups in total. The number of piperidine rings is 1. The average Bonchev–Trinajstić information content (AvgIpc) is 3.26. The summed E-state index contributed by atoms with van der Waals surface area (Å²) in [7, 11) is 0. The average molecular weight is 478 g/mol. The Morgan fingerprint density at radius 1 is 1.09 bits per heavy atom. The number of aromatic nitrogens is 4. The number of halogens is 3. The van der Waals surface area contributed by atoms with E-state index in [2.05, 4.69) is 25.3 Å². The summed E-state index contributed by atoms with van der Waals surface area (Å²) in [6.07, 6.45) is -1.20. The van der Waals surface area contributed by atoms with Crippen molar-refractivity contribution in [3.63, 3.8) is 0 Å². The Kier molecular flexibility index (Phi) is 7.33. The fourth-order valence-corrected chi connectivity index (χ4v) is 3.46. The van der Waals surface area contributed by atoms with E-state index in [1.165, 1.54) is 0 Å². The second kappa shape index (κ2) is 10.6. The number of hydrogen-bond acceptors (Lipinski definition) is 9. The summed E-state index contributed by atoms with van der Waals surface area (Å²) in [5, 5.41) is 2.97. The van der Waals surface area contributed by atoms with Crippen LogP contribution in [0, 0.1) is 12.8 Å². The molecule has 4 heterocycles. The van der Waals surface area contributed by atoms with Crippen LogP contribution in [0.3, 0.4) is 0 Å². The van der Waals surface area contributed by atoms with Crippen molar-refractivity contribution < 1.29 is 27.1 Å². The highest BCUT2D eigenvalue weighted by Gasteiger charge is 2.30. The summed E-state index contributed by atoms with van der Waals surface area (Å²) in [6, 6.07) is 8.72. The molecule has 1 fully saturated rings. The Morgan fingerprint density at radius 3 is 2.59 bits per heavy atom. The number of nitrogens with zero attached hydrogens (tertiary/aromatic N) is 5. The molecule has 1 aliphatic heterocycles. The van der Waals surface area contributed by atoms with E-state index in [-0.39, 0.29) is 24.5 Å². The predicted molar refractivity (Wildman–Crippen MR) is 117 cm³/mol. The van der Waals surface area contributed by atoms with Gasteiger partial charge >= 0.3 is 12.2 Å². The van der Waals surface area contributed by atoms with E-state index in [9.17, 15) is 13.2 Å². The molecule has 0 aromatic carbocycles. The molecular weight excluding hydrogens is 453 g/mol. The molecule has 3 aromatic heterocycles. The van der Waals surface area contributed by atoms with Crippen molar-refractivity contribution in [3.05, 3.63) is 48.0 Å². The lowest BCUT2D eigenvalue weighted by Gasteiger charge is -2.31. The van der Waals surface area contributed by atoms with Crippen LogP contribution in [0.5, 0.6) is 11.9 Å². The van der Waals surface area contributed by atoms with Gasteiger partial charge < -0.3 is 24.1 Å². The minimum absolute atomic E-state index is 0.108. The smallest absolute Gasteiger partial charge is 0.422 e. The van der Waals surface area contributed by atoms with E-state index < -0.39 is 12.8 Å². The van der Waals surface area contributed by atoms with Gasteiger partial charge in [-0.3, -0.25) is 0 Å². The van der Waals surface area contributed by atoms with Crippen molar-refractivity contribution in [2.24, 2.45) is 5.92 Å². The lowest BCUT2D eigenvalue weighted by atomic mass is 9.98. The van der Waals surface area contributed by atoms with Crippen LogP contribution >= 0.6 is 0 Å². The maximum absolute atomic E-state index is 12.7. The van der Waals surface area contributed by atoms with Crippen LogP contribution in [-0.2, 0) is 6.54 Å². The summed E-state index contributed by atoms with van der Waals surface area (Å²) in [5.41, 5.74) is 0. The molecule has 1 aliphatic rings. The van der Waals surface area contributed by atoms with Crippen molar-refractivity contribution in [2.45, 2.75) is 32.5 Å². The van der Waals surface area contributed by atoms with Crippen molar-refractivity contribution >= 4 is 11.9 Å². The molecule has 9 nitrogen and oxygen atoms in total. The molecule has 0 atom stereocenters. The summed E-state index contributed by atoms with van der Waals surface area (Å²) in [5.74, 6) is 2.66. The quantitative estimate of drug-likeness (QED) is 0.489. The van der Waals surface area contributed by atoms with Crippen molar-refractivity contribution in [2.75, 3.05) is 36.5 Å². The lowest BCUT2D eigenvalue weighted by molar-refractivity contribution is -0.154. The second-order valence-corrected chi connectivity index (χ2v) is 7.92. The number of furan rings is 1. The Labute approximate surface area is 194 Å². The third kappa shape index (κ3) is 6.96. The Bertz CT molecular complexity index is 1060. The molecule has 0 radical (unpaired) electrons.